The Morgan fingerprint density at radius 3 is 3.05 bits per heavy atom. The van der Waals surface area contributed by atoms with Crippen LogP contribution in [0.5, 0.6) is 0 Å². The first-order chi connectivity index (χ1) is 9.38. The van der Waals surface area contributed by atoms with E-state index in [9.17, 15) is 0 Å². The molecule has 0 aliphatic heterocycles. The molecule has 0 saturated heterocycles. The van der Waals surface area contributed by atoms with Gasteiger partial charge in [-0.05, 0) is 23.6 Å². The Morgan fingerprint density at radius 1 is 1.32 bits per heavy atom. The molecule has 2 heterocycles. The van der Waals surface area contributed by atoms with Gasteiger partial charge in [0, 0.05) is 24.3 Å². The molecule has 4 heteroatoms. The van der Waals surface area contributed by atoms with Crippen LogP contribution in [-0.2, 0) is 13.1 Å². The van der Waals surface area contributed by atoms with Gasteiger partial charge in [-0.1, -0.05) is 25.1 Å². The highest BCUT2D eigenvalue weighted by atomic mass is 32.1. The molecule has 3 rings (SSSR count). The topological polar surface area (TPSA) is 29.9 Å². The average molecular weight is 271 g/mol. The van der Waals surface area contributed by atoms with Gasteiger partial charge >= 0.3 is 0 Å². The Morgan fingerprint density at radius 2 is 2.26 bits per heavy atom. The maximum atomic E-state index is 4.37. The van der Waals surface area contributed by atoms with Crippen LogP contribution in [0.1, 0.15) is 17.5 Å². The highest BCUT2D eigenvalue weighted by Gasteiger charge is 2.07. The van der Waals surface area contributed by atoms with E-state index in [0.717, 1.165) is 24.6 Å². The molecule has 0 atom stereocenters. The van der Waals surface area contributed by atoms with Gasteiger partial charge in [-0.15, -0.1) is 11.3 Å². The molecule has 98 valence electrons. The first-order valence-corrected chi connectivity index (χ1v) is 7.42. The summed E-state index contributed by atoms with van der Waals surface area (Å²) in [5.41, 5.74) is 2.67. The molecule has 0 unspecified atom stereocenters. The van der Waals surface area contributed by atoms with E-state index in [4.69, 9.17) is 0 Å². The summed E-state index contributed by atoms with van der Waals surface area (Å²) >= 11 is 1.71. The lowest BCUT2D eigenvalue weighted by Gasteiger charge is -2.09. The number of thiazole rings is 1. The highest BCUT2D eigenvalue weighted by Crippen LogP contribution is 2.22. The molecular formula is C15H17N3S. The number of benzene rings is 1. The lowest BCUT2D eigenvalue weighted by molar-refractivity contribution is 0.724. The molecule has 0 fully saturated rings. The van der Waals surface area contributed by atoms with E-state index in [2.05, 4.69) is 52.3 Å². The summed E-state index contributed by atoms with van der Waals surface area (Å²) < 4.78 is 2.29. The van der Waals surface area contributed by atoms with Crippen LogP contribution in [0.4, 0.5) is 0 Å². The van der Waals surface area contributed by atoms with Gasteiger partial charge in [0.15, 0.2) is 0 Å². The molecule has 0 spiro atoms. The fourth-order valence-corrected chi connectivity index (χ4v) is 2.97. The Hall–Kier alpha value is -1.65. The quantitative estimate of drug-likeness (QED) is 0.772. The number of fused-ring (bicyclic) bond motifs is 1. The van der Waals surface area contributed by atoms with Crippen molar-refractivity contribution in [3.8, 4) is 0 Å². The van der Waals surface area contributed by atoms with Crippen molar-refractivity contribution >= 4 is 22.2 Å². The Bertz CT molecular complexity index is 655. The van der Waals surface area contributed by atoms with E-state index >= 15 is 0 Å². The molecule has 0 bridgehead atoms. The first kappa shape index (κ1) is 12.4. The number of hydrogen-bond donors (Lipinski definition) is 1. The number of nitrogens with zero attached hydrogens (tertiary/aromatic N) is 2. The standard InChI is InChI=1S/C15H17N3S/c1-2-16-10-13-5-3-4-12-6-8-18(15(12)13)11-14-17-7-9-19-14/h3-9,16H,2,10-11H2,1H3. The van der Waals surface area contributed by atoms with Crippen molar-refractivity contribution in [3.63, 3.8) is 0 Å². The number of hydrogen-bond acceptors (Lipinski definition) is 3. The summed E-state index contributed by atoms with van der Waals surface area (Å²) in [5.74, 6) is 0. The SMILES string of the molecule is CCNCc1cccc2ccn(Cc3nccs3)c12. The minimum absolute atomic E-state index is 0.851. The summed E-state index contributed by atoms with van der Waals surface area (Å²) in [4.78, 5) is 4.37. The molecule has 0 aliphatic carbocycles. The lowest BCUT2D eigenvalue weighted by atomic mass is 10.1. The van der Waals surface area contributed by atoms with Crippen molar-refractivity contribution in [2.45, 2.75) is 20.0 Å². The zero-order valence-electron chi connectivity index (χ0n) is 11.0. The lowest BCUT2D eigenvalue weighted by Crippen LogP contribution is -2.13. The Kier molecular flexibility index (Phi) is 3.62. The van der Waals surface area contributed by atoms with Gasteiger partial charge < -0.3 is 9.88 Å². The fraction of sp³-hybridized carbons (Fsp3) is 0.267. The monoisotopic (exact) mass is 271 g/mol. The van der Waals surface area contributed by atoms with Gasteiger partial charge in [0.05, 0.1) is 12.1 Å². The average Bonchev–Trinajstić information content (AvgIpc) is 3.07. The number of aromatic nitrogens is 2. The van der Waals surface area contributed by atoms with Crippen LogP contribution in [0.3, 0.4) is 0 Å². The normalized spacial score (nSPS) is 11.2. The number of rotatable bonds is 5. The summed E-state index contributed by atoms with van der Waals surface area (Å²) in [7, 11) is 0. The maximum Gasteiger partial charge on any atom is 0.112 e. The highest BCUT2D eigenvalue weighted by molar-refractivity contribution is 7.09. The zero-order valence-corrected chi connectivity index (χ0v) is 11.8. The van der Waals surface area contributed by atoms with Gasteiger partial charge in [0.1, 0.15) is 5.01 Å². The Balaban J connectivity index is 1.99. The molecule has 2 aromatic heterocycles. The number of para-hydroxylation sites is 1. The largest absolute Gasteiger partial charge is 0.340 e. The van der Waals surface area contributed by atoms with Crippen molar-refractivity contribution in [2.24, 2.45) is 0 Å². The maximum absolute atomic E-state index is 4.37. The van der Waals surface area contributed by atoms with Crippen LogP contribution in [0.15, 0.2) is 42.0 Å². The molecule has 1 N–H and O–H groups in total. The van der Waals surface area contributed by atoms with Gasteiger partial charge in [-0.2, -0.15) is 0 Å². The third kappa shape index (κ3) is 2.55. The van der Waals surface area contributed by atoms with Crippen molar-refractivity contribution in [2.75, 3.05) is 6.54 Å². The van der Waals surface area contributed by atoms with Gasteiger partial charge in [0.25, 0.3) is 0 Å². The van der Waals surface area contributed by atoms with E-state index in [-0.39, 0.29) is 0 Å². The van der Waals surface area contributed by atoms with Crippen molar-refractivity contribution in [1.82, 2.24) is 14.9 Å². The molecule has 0 aliphatic rings. The molecule has 1 aromatic carbocycles. The molecule has 0 amide bonds. The molecule has 3 nitrogen and oxygen atoms in total. The second-order valence-electron chi connectivity index (χ2n) is 4.50. The minimum atomic E-state index is 0.851. The van der Waals surface area contributed by atoms with Crippen molar-refractivity contribution < 1.29 is 0 Å². The summed E-state index contributed by atoms with van der Waals surface area (Å²) in [6, 6.07) is 8.67. The second-order valence-corrected chi connectivity index (χ2v) is 5.48. The predicted octanol–water partition coefficient (Wildman–Crippen LogP) is 3.26. The third-order valence-corrected chi connectivity index (χ3v) is 3.99. The zero-order chi connectivity index (χ0) is 13.1. The smallest absolute Gasteiger partial charge is 0.112 e. The first-order valence-electron chi connectivity index (χ1n) is 6.54. The van der Waals surface area contributed by atoms with Crippen LogP contribution in [0.2, 0.25) is 0 Å². The second kappa shape index (κ2) is 5.55. The molecule has 0 radical (unpaired) electrons. The predicted molar refractivity (Wildman–Crippen MR) is 80.5 cm³/mol. The van der Waals surface area contributed by atoms with Crippen molar-refractivity contribution in [1.29, 1.82) is 0 Å². The Labute approximate surface area is 116 Å². The van der Waals surface area contributed by atoms with E-state index in [1.807, 2.05) is 11.6 Å². The summed E-state index contributed by atoms with van der Waals surface area (Å²) in [6.45, 7) is 4.89. The van der Waals surface area contributed by atoms with Crippen LogP contribution < -0.4 is 5.32 Å². The van der Waals surface area contributed by atoms with E-state index in [1.165, 1.54) is 16.5 Å². The molecule has 0 saturated carbocycles. The van der Waals surface area contributed by atoms with Gasteiger partial charge in [-0.25, -0.2) is 4.98 Å². The third-order valence-electron chi connectivity index (χ3n) is 3.23. The minimum Gasteiger partial charge on any atom is -0.340 e. The van der Waals surface area contributed by atoms with Gasteiger partial charge in [-0.3, -0.25) is 0 Å². The summed E-state index contributed by atoms with van der Waals surface area (Å²) in [6.07, 6.45) is 4.02. The number of nitrogens with one attached hydrogen (secondary N) is 1. The molecule has 3 aromatic rings. The van der Waals surface area contributed by atoms with Crippen LogP contribution in [-0.4, -0.2) is 16.1 Å². The molecular weight excluding hydrogens is 254 g/mol. The summed E-state index contributed by atoms with van der Waals surface area (Å²) in [5, 5.41) is 7.88. The van der Waals surface area contributed by atoms with E-state index < -0.39 is 0 Å². The van der Waals surface area contributed by atoms with Crippen molar-refractivity contribution in [3.05, 3.63) is 52.6 Å². The molecule has 19 heavy (non-hydrogen) atoms. The van der Waals surface area contributed by atoms with E-state index in [1.54, 1.807) is 11.3 Å². The van der Waals surface area contributed by atoms with Gasteiger partial charge in [0.2, 0.25) is 0 Å². The van der Waals surface area contributed by atoms with Crippen LogP contribution >= 0.6 is 11.3 Å². The van der Waals surface area contributed by atoms with E-state index in [0.29, 0.717) is 0 Å². The fourth-order valence-electron chi connectivity index (χ4n) is 2.35. The van der Waals surface area contributed by atoms with Crippen LogP contribution in [0, 0.1) is 0 Å². The van der Waals surface area contributed by atoms with Crippen LogP contribution in [0.25, 0.3) is 10.9 Å².